The third kappa shape index (κ3) is 2.53. The fraction of sp³-hybridized carbons (Fsp3) is 0.625. The highest BCUT2D eigenvalue weighted by molar-refractivity contribution is 5.88. The summed E-state index contributed by atoms with van der Waals surface area (Å²) in [6.45, 7) is 2.56. The molecule has 0 saturated carbocycles. The average Bonchev–Trinajstić information content (AvgIpc) is 2.62. The zero-order chi connectivity index (χ0) is 10.6. The normalized spacial score (nSPS) is 12.7. The van der Waals surface area contributed by atoms with Crippen LogP contribution in [0.5, 0.6) is 0 Å². The van der Waals surface area contributed by atoms with E-state index in [-0.39, 0.29) is 11.7 Å². The number of nitrogens with two attached hydrogens (primary N) is 2. The lowest BCUT2D eigenvalue weighted by molar-refractivity contribution is 0.0987. The molecule has 0 saturated heterocycles. The molecular formula is C8H14N4O2. The number of nitrogens with zero attached hydrogens (tertiary/aromatic N) is 2. The Morgan fingerprint density at radius 2 is 2.36 bits per heavy atom. The highest BCUT2D eigenvalue weighted by Crippen LogP contribution is 2.17. The van der Waals surface area contributed by atoms with Crippen LogP contribution in [0.15, 0.2) is 4.52 Å². The van der Waals surface area contributed by atoms with Gasteiger partial charge in [0.15, 0.2) is 0 Å². The predicted octanol–water partition coefficient (Wildman–Crippen LogP) is 0.0109. The summed E-state index contributed by atoms with van der Waals surface area (Å²) >= 11 is 0. The summed E-state index contributed by atoms with van der Waals surface area (Å²) in [5.74, 6) is -0.197. The van der Waals surface area contributed by atoms with Crippen molar-refractivity contribution in [1.29, 1.82) is 0 Å². The van der Waals surface area contributed by atoms with Gasteiger partial charge < -0.3 is 16.0 Å². The van der Waals surface area contributed by atoms with Crippen molar-refractivity contribution >= 4 is 5.91 Å². The molecule has 0 aliphatic heterocycles. The van der Waals surface area contributed by atoms with Gasteiger partial charge in [-0.25, -0.2) is 0 Å². The van der Waals surface area contributed by atoms with Crippen LogP contribution in [0.1, 0.15) is 42.2 Å². The van der Waals surface area contributed by atoms with Gasteiger partial charge in [0.05, 0.1) is 0 Å². The van der Waals surface area contributed by atoms with E-state index in [9.17, 15) is 4.79 Å². The molecule has 1 unspecified atom stereocenters. The van der Waals surface area contributed by atoms with Gasteiger partial charge in [-0.15, -0.1) is 0 Å². The maximum atomic E-state index is 10.7. The SMILES string of the molecule is CC(CCCN)c1nc(C(N)=O)no1. The Bertz CT molecular complexity index is 310. The molecule has 0 bridgehead atoms. The predicted molar refractivity (Wildman–Crippen MR) is 49.5 cm³/mol. The molecule has 1 aromatic heterocycles. The molecule has 14 heavy (non-hydrogen) atoms. The van der Waals surface area contributed by atoms with Crippen LogP contribution in [-0.2, 0) is 0 Å². The molecule has 0 fully saturated rings. The molecule has 6 heteroatoms. The second-order valence-corrected chi connectivity index (χ2v) is 3.15. The zero-order valence-corrected chi connectivity index (χ0v) is 8.06. The van der Waals surface area contributed by atoms with Crippen molar-refractivity contribution in [1.82, 2.24) is 10.1 Å². The number of rotatable bonds is 5. The minimum atomic E-state index is -0.675. The van der Waals surface area contributed by atoms with Crippen molar-refractivity contribution in [2.45, 2.75) is 25.7 Å². The first-order chi connectivity index (χ1) is 6.65. The van der Waals surface area contributed by atoms with E-state index >= 15 is 0 Å². The van der Waals surface area contributed by atoms with Gasteiger partial charge in [0, 0.05) is 5.92 Å². The lowest BCUT2D eigenvalue weighted by Crippen LogP contribution is -2.13. The van der Waals surface area contributed by atoms with Crippen molar-refractivity contribution in [3.63, 3.8) is 0 Å². The minimum absolute atomic E-state index is 0.0698. The van der Waals surface area contributed by atoms with Crippen LogP contribution in [0.2, 0.25) is 0 Å². The number of hydrogen-bond acceptors (Lipinski definition) is 5. The third-order valence-corrected chi connectivity index (χ3v) is 1.92. The van der Waals surface area contributed by atoms with Crippen molar-refractivity contribution in [2.75, 3.05) is 6.54 Å². The first-order valence-corrected chi connectivity index (χ1v) is 4.48. The van der Waals surface area contributed by atoms with Crippen molar-refractivity contribution < 1.29 is 9.32 Å². The summed E-state index contributed by atoms with van der Waals surface area (Å²) in [7, 11) is 0. The van der Waals surface area contributed by atoms with E-state index in [4.69, 9.17) is 16.0 Å². The summed E-state index contributed by atoms with van der Waals surface area (Å²) in [6.07, 6.45) is 1.74. The standard InChI is InChI=1S/C8H14N4O2/c1-5(3-2-4-9)8-11-7(6(10)13)12-14-8/h5H,2-4,9H2,1H3,(H2,10,13). The fourth-order valence-corrected chi connectivity index (χ4v) is 1.08. The van der Waals surface area contributed by atoms with Crippen LogP contribution in [0.4, 0.5) is 0 Å². The molecule has 1 aromatic rings. The van der Waals surface area contributed by atoms with E-state index in [2.05, 4.69) is 10.1 Å². The van der Waals surface area contributed by atoms with Crippen LogP contribution >= 0.6 is 0 Å². The van der Waals surface area contributed by atoms with Gasteiger partial charge in [0.1, 0.15) is 0 Å². The zero-order valence-electron chi connectivity index (χ0n) is 8.06. The molecule has 1 rings (SSSR count). The lowest BCUT2D eigenvalue weighted by atomic mass is 10.1. The van der Waals surface area contributed by atoms with Gasteiger partial charge in [0.2, 0.25) is 5.89 Å². The van der Waals surface area contributed by atoms with E-state index in [1.54, 1.807) is 0 Å². The number of carbonyl (C=O) groups is 1. The van der Waals surface area contributed by atoms with Crippen molar-refractivity contribution in [3.8, 4) is 0 Å². The van der Waals surface area contributed by atoms with E-state index in [1.807, 2.05) is 6.92 Å². The molecule has 0 radical (unpaired) electrons. The van der Waals surface area contributed by atoms with Crippen LogP contribution in [0.25, 0.3) is 0 Å². The van der Waals surface area contributed by atoms with Crippen molar-refractivity contribution in [2.24, 2.45) is 11.5 Å². The van der Waals surface area contributed by atoms with Crippen LogP contribution in [-0.4, -0.2) is 22.6 Å². The smallest absolute Gasteiger partial charge is 0.290 e. The largest absolute Gasteiger partial charge is 0.363 e. The fourth-order valence-electron chi connectivity index (χ4n) is 1.08. The van der Waals surface area contributed by atoms with E-state index in [0.717, 1.165) is 12.8 Å². The quantitative estimate of drug-likeness (QED) is 0.692. The number of hydrogen-bond donors (Lipinski definition) is 2. The van der Waals surface area contributed by atoms with Gasteiger partial charge in [-0.2, -0.15) is 4.98 Å². The molecule has 78 valence electrons. The van der Waals surface area contributed by atoms with Crippen LogP contribution in [0.3, 0.4) is 0 Å². The van der Waals surface area contributed by atoms with Crippen molar-refractivity contribution in [3.05, 3.63) is 11.7 Å². The van der Waals surface area contributed by atoms with Gasteiger partial charge >= 0.3 is 0 Å². The molecule has 1 amide bonds. The first kappa shape index (κ1) is 10.6. The molecule has 0 aliphatic carbocycles. The van der Waals surface area contributed by atoms with Crippen LogP contribution < -0.4 is 11.5 Å². The van der Waals surface area contributed by atoms with E-state index < -0.39 is 5.91 Å². The highest BCUT2D eigenvalue weighted by atomic mass is 16.5. The summed E-state index contributed by atoms with van der Waals surface area (Å²) in [4.78, 5) is 14.5. The molecule has 0 spiro atoms. The molecule has 1 heterocycles. The average molecular weight is 198 g/mol. The Balaban J connectivity index is 2.61. The Morgan fingerprint density at radius 1 is 1.64 bits per heavy atom. The highest BCUT2D eigenvalue weighted by Gasteiger charge is 2.16. The van der Waals surface area contributed by atoms with Gasteiger partial charge in [0.25, 0.3) is 11.7 Å². The first-order valence-electron chi connectivity index (χ1n) is 4.48. The summed E-state index contributed by atoms with van der Waals surface area (Å²) in [5, 5.41) is 3.45. The number of amides is 1. The third-order valence-electron chi connectivity index (χ3n) is 1.92. The maximum Gasteiger partial charge on any atom is 0.290 e. The van der Waals surface area contributed by atoms with E-state index in [0.29, 0.717) is 12.4 Å². The molecule has 6 nitrogen and oxygen atoms in total. The Labute approximate surface area is 81.6 Å². The van der Waals surface area contributed by atoms with Gasteiger partial charge in [-0.05, 0) is 19.4 Å². The summed E-state index contributed by atoms with van der Waals surface area (Å²) in [5.41, 5.74) is 10.4. The Morgan fingerprint density at radius 3 is 2.86 bits per heavy atom. The molecule has 4 N–H and O–H groups in total. The van der Waals surface area contributed by atoms with Gasteiger partial charge in [-0.1, -0.05) is 12.1 Å². The number of aromatic nitrogens is 2. The maximum absolute atomic E-state index is 10.7. The number of primary amides is 1. The molecule has 1 atom stereocenters. The second kappa shape index (κ2) is 4.71. The summed E-state index contributed by atoms with van der Waals surface area (Å²) < 4.78 is 4.88. The molecule has 0 aliphatic rings. The molecule has 0 aromatic carbocycles. The van der Waals surface area contributed by atoms with E-state index in [1.165, 1.54) is 0 Å². The van der Waals surface area contributed by atoms with Crippen LogP contribution in [0, 0.1) is 0 Å². The minimum Gasteiger partial charge on any atom is -0.363 e. The monoisotopic (exact) mass is 198 g/mol. The summed E-state index contributed by atoms with van der Waals surface area (Å²) in [6, 6.07) is 0. The Hall–Kier alpha value is -1.43. The second-order valence-electron chi connectivity index (χ2n) is 3.15. The Kier molecular flexibility index (Phi) is 3.58. The lowest BCUT2D eigenvalue weighted by Gasteiger charge is -2.03. The number of carbonyl (C=O) groups excluding carboxylic acids is 1. The molecular weight excluding hydrogens is 184 g/mol. The topological polar surface area (TPSA) is 108 Å². The van der Waals surface area contributed by atoms with Gasteiger partial charge in [-0.3, -0.25) is 4.79 Å².